The van der Waals surface area contributed by atoms with Crippen LogP contribution in [-0.4, -0.2) is 26.9 Å². The first kappa shape index (κ1) is 15.7. The number of nitrogens with one attached hydrogen (secondary N) is 1. The van der Waals surface area contributed by atoms with Gasteiger partial charge in [0.2, 0.25) is 0 Å². The summed E-state index contributed by atoms with van der Waals surface area (Å²) >= 11 is 1.37. The summed E-state index contributed by atoms with van der Waals surface area (Å²) in [5.41, 5.74) is 0.750. The molecule has 2 aromatic heterocycles. The largest absolute Gasteiger partial charge is 0.349 e. The number of hydrogen-bond donors (Lipinski definition) is 1. The minimum Gasteiger partial charge on any atom is -0.349 e. The van der Waals surface area contributed by atoms with Gasteiger partial charge in [-0.1, -0.05) is 6.42 Å². The van der Waals surface area contributed by atoms with Crippen molar-refractivity contribution >= 4 is 17.2 Å². The Kier molecular flexibility index (Phi) is 4.08. The Morgan fingerprint density at radius 3 is 2.75 bits per heavy atom. The molecule has 1 amide bonds. The number of thiazole rings is 1. The Balaban J connectivity index is 1.47. The van der Waals surface area contributed by atoms with Crippen LogP contribution in [0.3, 0.4) is 0 Å². The molecule has 2 bridgehead atoms. The van der Waals surface area contributed by atoms with E-state index in [-0.39, 0.29) is 11.9 Å². The maximum absolute atomic E-state index is 12.7. The van der Waals surface area contributed by atoms with E-state index in [9.17, 15) is 4.79 Å². The van der Waals surface area contributed by atoms with Gasteiger partial charge in [0, 0.05) is 18.4 Å². The molecular formula is C18H22N4OS. The summed E-state index contributed by atoms with van der Waals surface area (Å²) in [7, 11) is 0. The van der Waals surface area contributed by atoms with E-state index in [4.69, 9.17) is 0 Å². The first-order valence-corrected chi connectivity index (χ1v) is 9.49. The molecule has 0 radical (unpaired) electrons. The lowest BCUT2D eigenvalue weighted by molar-refractivity contribution is 0.0918. The summed E-state index contributed by atoms with van der Waals surface area (Å²) in [6.07, 6.45) is 8.74. The van der Waals surface area contributed by atoms with E-state index in [1.807, 2.05) is 6.92 Å². The van der Waals surface area contributed by atoms with E-state index in [0.29, 0.717) is 21.6 Å². The van der Waals surface area contributed by atoms with Crippen molar-refractivity contribution < 1.29 is 4.79 Å². The summed E-state index contributed by atoms with van der Waals surface area (Å²) in [5.74, 6) is 2.90. The Morgan fingerprint density at radius 1 is 1.29 bits per heavy atom. The summed E-state index contributed by atoms with van der Waals surface area (Å²) < 4.78 is 0. The Hall–Kier alpha value is -1.82. The number of fused-ring (bicyclic) bond motifs is 2. The number of carbonyl (C=O) groups is 1. The molecule has 2 saturated carbocycles. The van der Waals surface area contributed by atoms with E-state index >= 15 is 0 Å². The molecular weight excluding hydrogens is 320 g/mol. The number of aryl methyl sites for hydroxylation is 1. The minimum absolute atomic E-state index is 0.0116. The SMILES string of the molecule is Cc1nc(-c2ncccn2)sc1C(=O)N[C@H](C)[C@H]1C[C@H]2CC[C@H]1C2. The first-order chi connectivity index (χ1) is 11.6. The smallest absolute Gasteiger partial charge is 0.263 e. The zero-order valence-corrected chi connectivity index (χ0v) is 14.8. The molecule has 1 N–H and O–H groups in total. The van der Waals surface area contributed by atoms with E-state index in [1.165, 1.54) is 37.0 Å². The molecule has 4 rings (SSSR count). The van der Waals surface area contributed by atoms with Gasteiger partial charge in [0.1, 0.15) is 4.88 Å². The van der Waals surface area contributed by atoms with Crippen molar-refractivity contribution in [2.45, 2.75) is 45.6 Å². The van der Waals surface area contributed by atoms with Crippen LogP contribution in [0, 0.1) is 24.7 Å². The average Bonchev–Trinajstić information content (AvgIpc) is 3.30. The normalized spacial score (nSPS) is 26.5. The molecule has 126 valence electrons. The number of amides is 1. The van der Waals surface area contributed by atoms with Crippen LogP contribution in [0.1, 0.15) is 48.0 Å². The molecule has 0 spiro atoms. The van der Waals surface area contributed by atoms with Gasteiger partial charge in [-0.25, -0.2) is 15.0 Å². The van der Waals surface area contributed by atoms with Crippen molar-refractivity contribution in [2.75, 3.05) is 0 Å². The molecule has 4 atom stereocenters. The van der Waals surface area contributed by atoms with Gasteiger partial charge in [0.05, 0.1) is 5.69 Å². The summed E-state index contributed by atoms with van der Waals surface area (Å²) in [6.45, 7) is 4.03. The first-order valence-electron chi connectivity index (χ1n) is 8.67. The molecule has 5 nitrogen and oxygen atoms in total. The molecule has 2 aliphatic carbocycles. The van der Waals surface area contributed by atoms with Crippen LogP contribution < -0.4 is 5.32 Å². The Labute approximate surface area is 146 Å². The fourth-order valence-corrected chi connectivity index (χ4v) is 5.32. The predicted octanol–water partition coefficient (Wildman–Crippen LogP) is 3.46. The predicted molar refractivity (Wildman–Crippen MR) is 93.7 cm³/mol. The third-order valence-corrected chi connectivity index (χ3v) is 6.71. The van der Waals surface area contributed by atoms with Crippen LogP contribution in [0.15, 0.2) is 18.5 Å². The molecule has 2 heterocycles. The number of carbonyl (C=O) groups excluding carboxylic acids is 1. The van der Waals surface area contributed by atoms with E-state index in [0.717, 1.165) is 17.5 Å². The molecule has 0 saturated heterocycles. The second-order valence-corrected chi connectivity index (χ2v) is 8.11. The van der Waals surface area contributed by atoms with Crippen LogP contribution in [0.4, 0.5) is 0 Å². The highest BCUT2D eigenvalue weighted by molar-refractivity contribution is 7.17. The van der Waals surface area contributed by atoms with Crippen molar-refractivity contribution in [3.63, 3.8) is 0 Å². The Morgan fingerprint density at radius 2 is 2.08 bits per heavy atom. The quantitative estimate of drug-likeness (QED) is 0.924. The number of nitrogens with zero attached hydrogens (tertiary/aromatic N) is 3. The van der Waals surface area contributed by atoms with E-state index < -0.39 is 0 Å². The standard InChI is InChI=1S/C18H22N4OS/c1-10(14-9-12-4-5-13(14)8-12)21-17(23)15-11(2)22-18(24-15)16-19-6-3-7-20-16/h3,6-7,10,12-14H,4-5,8-9H2,1-2H3,(H,21,23)/t10-,12+,13+,14-/m1/s1. The van der Waals surface area contributed by atoms with Gasteiger partial charge < -0.3 is 5.32 Å². The molecule has 6 heteroatoms. The summed E-state index contributed by atoms with van der Waals surface area (Å²) in [4.78, 5) is 26.3. The highest BCUT2D eigenvalue weighted by Crippen LogP contribution is 2.49. The van der Waals surface area contributed by atoms with Crippen molar-refractivity contribution in [1.29, 1.82) is 0 Å². The van der Waals surface area contributed by atoms with Crippen LogP contribution in [-0.2, 0) is 0 Å². The van der Waals surface area contributed by atoms with Crippen LogP contribution in [0.5, 0.6) is 0 Å². The third-order valence-electron chi connectivity index (χ3n) is 5.55. The van der Waals surface area contributed by atoms with Gasteiger partial charge in [0.25, 0.3) is 5.91 Å². The molecule has 2 aromatic rings. The van der Waals surface area contributed by atoms with Gasteiger partial charge in [0.15, 0.2) is 10.8 Å². The van der Waals surface area contributed by atoms with Crippen molar-refractivity contribution in [2.24, 2.45) is 17.8 Å². The minimum atomic E-state index is -0.0116. The second kappa shape index (κ2) is 6.24. The summed E-state index contributed by atoms with van der Waals surface area (Å²) in [6, 6.07) is 2.00. The Bertz CT molecular complexity index is 745. The molecule has 2 fully saturated rings. The average molecular weight is 342 g/mol. The molecule has 0 aliphatic heterocycles. The van der Waals surface area contributed by atoms with Crippen molar-refractivity contribution in [1.82, 2.24) is 20.3 Å². The lowest BCUT2D eigenvalue weighted by atomic mass is 9.84. The molecule has 0 unspecified atom stereocenters. The highest BCUT2D eigenvalue weighted by Gasteiger charge is 2.42. The van der Waals surface area contributed by atoms with Gasteiger partial charge in [-0.3, -0.25) is 4.79 Å². The topological polar surface area (TPSA) is 67.8 Å². The van der Waals surface area contributed by atoms with E-state index in [1.54, 1.807) is 18.5 Å². The lowest BCUT2D eigenvalue weighted by Crippen LogP contribution is -2.40. The van der Waals surface area contributed by atoms with Gasteiger partial charge >= 0.3 is 0 Å². The van der Waals surface area contributed by atoms with Gasteiger partial charge in [-0.2, -0.15) is 0 Å². The van der Waals surface area contributed by atoms with Gasteiger partial charge in [-0.05, 0) is 56.9 Å². The number of hydrogen-bond acceptors (Lipinski definition) is 5. The number of rotatable bonds is 4. The second-order valence-electron chi connectivity index (χ2n) is 7.11. The third kappa shape index (κ3) is 2.83. The van der Waals surface area contributed by atoms with Gasteiger partial charge in [-0.15, -0.1) is 11.3 Å². The maximum Gasteiger partial charge on any atom is 0.263 e. The number of aromatic nitrogens is 3. The maximum atomic E-state index is 12.7. The van der Waals surface area contributed by atoms with Crippen molar-refractivity contribution in [3.8, 4) is 10.8 Å². The zero-order valence-electron chi connectivity index (χ0n) is 14.0. The van der Waals surface area contributed by atoms with Crippen LogP contribution in [0.25, 0.3) is 10.8 Å². The van der Waals surface area contributed by atoms with E-state index in [2.05, 4.69) is 27.2 Å². The zero-order chi connectivity index (χ0) is 16.7. The van der Waals surface area contributed by atoms with Crippen LogP contribution in [0.2, 0.25) is 0 Å². The fraction of sp³-hybridized carbons (Fsp3) is 0.556. The summed E-state index contributed by atoms with van der Waals surface area (Å²) in [5, 5.41) is 3.92. The fourth-order valence-electron chi connectivity index (χ4n) is 4.40. The lowest BCUT2D eigenvalue weighted by Gasteiger charge is -2.28. The monoisotopic (exact) mass is 342 g/mol. The molecule has 2 aliphatic rings. The molecule has 0 aromatic carbocycles. The molecule has 24 heavy (non-hydrogen) atoms. The highest BCUT2D eigenvalue weighted by atomic mass is 32.1. The van der Waals surface area contributed by atoms with Crippen molar-refractivity contribution in [3.05, 3.63) is 29.0 Å². The van der Waals surface area contributed by atoms with Crippen LogP contribution >= 0.6 is 11.3 Å².